The molecule has 122 valence electrons. The van der Waals surface area contributed by atoms with E-state index in [4.69, 9.17) is 4.74 Å². The van der Waals surface area contributed by atoms with Crippen molar-refractivity contribution >= 4 is 23.4 Å². The van der Waals surface area contributed by atoms with Gasteiger partial charge in [0.15, 0.2) is 0 Å². The largest absolute Gasteiger partial charge is 0.373 e. The van der Waals surface area contributed by atoms with E-state index < -0.39 is 5.76 Å². The minimum atomic E-state index is -2.44. The zero-order valence-corrected chi connectivity index (χ0v) is 13.4. The number of morpholine rings is 1. The van der Waals surface area contributed by atoms with Crippen molar-refractivity contribution < 1.29 is 18.3 Å². The first-order valence-corrected chi connectivity index (χ1v) is 8.03. The van der Waals surface area contributed by atoms with Crippen LogP contribution in [-0.4, -0.2) is 48.4 Å². The van der Waals surface area contributed by atoms with Gasteiger partial charge in [0.25, 0.3) is 5.76 Å². The van der Waals surface area contributed by atoms with E-state index in [2.05, 4.69) is 10.2 Å². The number of anilines is 1. The van der Waals surface area contributed by atoms with E-state index in [1.165, 1.54) is 0 Å². The van der Waals surface area contributed by atoms with E-state index >= 15 is 0 Å². The van der Waals surface area contributed by atoms with Crippen LogP contribution in [0, 0.1) is 0 Å². The summed E-state index contributed by atoms with van der Waals surface area (Å²) in [7, 11) is 0. The first kappa shape index (κ1) is 17.2. The lowest BCUT2D eigenvalue weighted by atomic mass is 10.2. The summed E-state index contributed by atoms with van der Waals surface area (Å²) in [5.74, 6) is -2.55. The molecule has 7 heteroatoms. The van der Waals surface area contributed by atoms with Gasteiger partial charge in [0.2, 0.25) is 5.91 Å². The highest BCUT2D eigenvalue weighted by Crippen LogP contribution is 2.26. The van der Waals surface area contributed by atoms with Crippen molar-refractivity contribution in [1.29, 1.82) is 0 Å². The van der Waals surface area contributed by atoms with Gasteiger partial charge < -0.3 is 10.1 Å². The van der Waals surface area contributed by atoms with Crippen LogP contribution < -0.4 is 5.32 Å². The van der Waals surface area contributed by atoms with E-state index in [-0.39, 0.29) is 18.1 Å². The quantitative estimate of drug-likeness (QED) is 0.843. The summed E-state index contributed by atoms with van der Waals surface area (Å²) in [6.07, 6.45) is 0.226. The Balaban J connectivity index is 1.84. The number of ether oxygens (including phenoxy) is 1. The van der Waals surface area contributed by atoms with Crippen LogP contribution in [0.1, 0.15) is 13.8 Å². The van der Waals surface area contributed by atoms with Crippen LogP contribution in [0.2, 0.25) is 0 Å². The van der Waals surface area contributed by atoms with E-state index in [9.17, 15) is 13.6 Å². The van der Waals surface area contributed by atoms with Crippen LogP contribution in [0.3, 0.4) is 0 Å². The first-order chi connectivity index (χ1) is 10.4. The minimum Gasteiger partial charge on any atom is -0.373 e. The molecule has 0 spiro atoms. The van der Waals surface area contributed by atoms with Crippen molar-refractivity contribution in [3.8, 4) is 0 Å². The van der Waals surface area contributed by atoms with Crippen molar-refractivity contribution in [3.63, 3.8) is 0 Å². The number of benzene rings is 1. The second-order valence-corrected chi connectivity index (χ2v) is 6.47. The van der Waals surface area contributed by atoms with Gasteiger partial charge in [-0.2, -0.15) is 8.78 Å². The molecule has 0 saturated carbocycles. The molecular formula is C15H20F2N2O2S. The molecule has 0 radical (unpaired) electrons. The van der Waals surface area contributed by atoms with Crippen LogP contribution in [0.4, 0.5) is 14.5 Å². The van der Waals surface area contributed by atoms with Crippen molar-refractivity contribution in [2.24, 2.45) is 0 Å². The number of thioether (sulfide) groups is 1. The second kappa shape index (κ2) is 7.89. The fourth-order valence-corrected chi connectivity index (χ4v) is 3.04. The molecule has 0 unspecified atom stereocenters. The Morgan fingerprint density at radius 2 is 1.91 bits per heavy atom. The van der Waals surface area contributed by atoms with Gasteiger partial charge >= 0.3 is 0 Å². The van der Waals surface area contributed by atoms with Crippen molar-refractivity contribution in [2.45, 2.75) is 36.7 Å². The fraction of sp³-hybridized carbons (Fsp3) is 0.533. The molecular weight excluding hydrogens is 310 g/mol. The summed E-state index contributed by atoms with van der Waals surface area (Å²) in [5, 5.41) is 2.78. The number of carbonyl (C=O) groups is 1. The minimum absolute atomic E-state index is 0.113. The maximum atomic E-state index is 12.2. The maximum absolute atomic E-state index is 12.2. The zero-order chi connectivity index (χ0) is 16.1. The van der Waals surface area contributed by atoms with E-state index in [0.29, 0.717) is 28.9 Å². The van der Waals surface area contributed by atoms with Crippen LogP contribution in [0.25, 0.3) is 0 Å². The van der Waals surface area contributed by atoms with Crippen molar-refractivity contribution in [1.82, 2.24) is 4.90 Å². The summed E-state index contributed by atoms with van der Waals surface area (Å²) in [6, 6.07) is 6.41. The van der Waals surface area contributed by atoms with Crippen LogP contribution >= 0.6 is 11.8 Å². The molecule has 1 aliphatic heterocycles. The van der Waals surface area contributed by atoms with Crippen LogP contribution in [-0.2, 0) is 9.53 Å². The number of hydrogen-bond donors (Lipinski definition) is 1. The topological polar surface area (TPSA) is 41.6 Å². The van der Waals surface area contributed by atoms with Gasteiger partial charge in [-0.05, 0) is 38.1 Å². The molecule has 1 saturated heterocycles. The average molecular weight is 330 g/mol. The summed E-state index contributed by atoms with van der Waals surface area (Å²) in [5.41, 5.74) is 0.609. The van der Waals surface area contributed by atoms with Gasteiger partial charge in [-0.1, -0.05) is 11.8 Å². The number of halogens is 2. The molecule has 1 N–H and O–H groups in total. The molecule has 1 heterocycles. The first-order valence-electron chi connectivity index (χ1n) is 7.15. The average Bonchev–Trinajstić information content (AvgIpc) is 2.39. The maximum Gasteiger partial charge on any atom is 0.288 e. The number of carbonyl (C=O) groups excluding carboxylic acids is 1. The molecule has 1 aromatic rings. The SMILES string of the molecule is C[C@@H]1CN(CC(=O)Nc2ccc(SC(F)F)cc2)C[C@@H](C)O1. The lowest BCUT2D eigenvalue weighted by Crippen LogP contribution is -2.48. The number of nitrogens with zero attached hydrogens (tertiary/aromatic N) is 1. The summed E-state index contributed by atoms with van der Waals surface area (Å²) >= 11 is 0.487. The summed E-state index contributed by atoms with van der Waals surface area (Å²) < 4.78 is 30.1. The smallest absolute Gasteiger partial charge is 0.288 e. The van der Waals surface area contributed by atoms with Crippen molar-refractivity contribution in [2.75, 3.05) is 25.0 Å². The van der Waals surface area contributed by atoms with Gasteiger partial charge in [-0.3, -0.25) is 9.69 Å². The third-order valence-electron chi connectivity index (χ3n) is 3.23. The van der Waals surface area contributed by atoms with Crippen molar-refractivity contribution in [3.05, 3.63) is 24.3 Å². The second-order valence-electron chi connectivity index (χ2n) is 5.40. The molecule has 2 atom stereocenters. The Kier molecular flexibility index (Phi) is 6.16. The Morgan fingerprint density at radius 1 is 1.32 bits per heavy atom. The lowest BCUT2D eigenvalue weighted by molar-refractivity contribution is -0.121. The number of alkyl halides is 2. The molecule has 1 fully saturated rings. The monoisotopic (exact) mass is 330 g/mol. The Hall–Kier alpha value is -1.18. The highest BCUT2D eigenvalue weighted by molar-refractivity contribution is 7.99. The van der Waals surface area contributed by atoms with Gasteiger partial charge in [-0.25, -0.2) is 0 Å². The molecule has 0 aromatic heterocycles. The Morgan fingerprint density at radius 3 is 2.45 bits per heavy atom. The summed E-state index contributed by atoms with van der Waals surface area (Å²) in [6.45, 7) is 5.72. The normalized spacial score (nSPS) is 22.8. The van der Waals surface area contributed by atoms with Gasteiger partial charge in [0, 0.05) is 23.7 Å². The van der Waals surface area contributed by atoms with Gasteiger partial charge in [-0.15, -0.1) is 0 Å². The molecule has 0 aliphatic carbocycles. The zero-order valence-electron chi connectivity index (χ0n) is 12.6. The summed E-state index contributed by atoms with van der Waals surface area (Å²) in [4.78, 5) is 14.6. The third kappa shape index (κ3) is 5.55. The predicted octanol–water partition coefficient (Wildman–Crippen LogP) is 3.05. The highest BCUT2D eigenvalue weighted by Gasteiger charge is 2.23. The third-order valence-corrected chi connectivity index (χ3v) is 3.95. The fourth-order valence-electron chi connectivity index (χ4n) is 2.54. The van der Waals surface area contributed by atoms with Gasteiger partial charge in [0.05, 0.1) is 18.8 Å². The molecule has 22 heavy (non-hydrogen) atoms. The number of amides is 1. The highest BCUT2D eigenvalue weighted by atomic mass is 32.2. The number of rotatable bonds is 5. The van der Waals surface area contributed by atoms with Crippen LogP contribution in [0.15, 0.2) is 29.2 Å². The van der Waals surface area contributed by atoms with E-state index in [1.54, 1.807) is 24.3 Å². The number of hydrogen-bond acceptors (Lipinski definition) is 4. The molecule has 4 nitrogen and oxygen atoms in total. The lowest BCUT2D eigenvalue weighted by Gasteiger charge is -2.34. The Bertz CT molecular complexity index is 489. The molecule has 1 amide bonds. The van der Waals surface area contributed by atoms with Crippen LogP contribution in [0.5, 0.6) is 0 Å². The Labute approximate surface area is 133 Å². The predicted molar refractivity (Wildman–Crippen MR) is 83.4 cm³/mol. The molecule has 1 aromatic carbocycles. The molecule has 2 rings (SSSR count). The standard InChI is InChI=1S/C15H20F2N2O2S/c1-10-7-19(8-11(2)21-10)9-14(20)18-12-3-5-13(6-4-12)22-15(16)17/h3-6,10-11,15H,7-9H2,1-2H3,(H,18,20)/t10-,11-/m1/s1. The number of nitrogens with one attached hydrogen (secondary N) is 1. The molecule has 1 aliphatic rings. The van der Waals surface area contributed by atoms with E-state index in [0.717, 1.165) is 13.1 Å². The molecule has 0 bridgehead atoms. The van der Waals surface area contributed by atoms with Gasteiger partial charge in [0.1, 0.15) is 0 Å². The van der Waals surface area contributed by atoms with E-state index in [1.807, 2.05) is 13.8 Å².